The van der Waals surface area contributed by atoms with Crippen LogP contribution in [-0.4, -0.2) is 27.0 Å². The SMILES string of the molecule is NC1CCC(NCCc2ccc(S(N)(=O)=O)cc2)C1. The van der Waals surface area contributed by atoms with Gasteiger partial charge in [0.25, 0.3) is 0 Å². The Morgan fingerprint density at radius 3 is 2.42 bits per heavy atom. The number of sulfonamides is 1. The average molecular weight is 283 g/mol. The summed E-state index contributed by atoms with van der Waals surface area (Å²) in [5, 5.41) is 8.53. The highest BCUT2D eigenvalue weighted by molar-refractivity contribution is 7.89. The van der Waals surface area contributed by atoms with Crippen LogP contribution in [0.25, 0.3) is 0 Å². The summed E-state index contributed by atoms with van der Waals surface area (Å²) < 4.78 is 22.2. The smallest absolute Gasteiger partial charge is 0.238 e. The van der Waals surface area contributed by atoms with E-state index in [2.05, 4.69) is 5.32 Å². The minimum atomic E-state index is -3.59. The molecule has 0 radical (unpaired) electrons. The van der Waals surface area contributed by atoms with Gasteiger partial charge in [-0.1, -0.05) is 12.1 Å². The van der Waals surface area contributed by atoms with Gasteiger partial charge in [-0.2, -0.15) is 0 Å². The molecule has 2 unspecified atom stereocenters. The third kappa shape index (κ3) is 4.28. The Morgan fingerprint density at radius 1 is 1.21 bits per heavy atom. The molecule has 19 heavy (non-hydrogen) atoms. The van der Waals surface area contributed by atoms with Crippen LogP contribution in [0.5, 0.6) is 0 Å². The van der Waals surface area contributed by atoms with Crippen molar-refractivity contribution in [3.05, 3.63) is 29.8 Å². The summed E-state index contributed by atoms with van der Waals surface area (Å²) in [6.07, 6.45) is 4.16. The normalized spacial score (nSPS) is 23.7. The summed E-state index contributed by atoms with van der Waals surface area (Å²) in [7, 11) is -3.59. The number of hydrogen-bond donors (Lipinski definition) is 3. The van der Waals surface area contributed by atoms with E-state index in [1.54, 1.807) is 12.1 Å². The zero-order valence-corrected chi connectivity index (χ0v) is 11.7. The van der Waals surface area contributed by atoms with E-state index in [4.69, 9.17) is 10.9 Å². The number of rotatable bonds is 5. The molecule has 1 aliphatic carbocycles. The van der Waals surface area contributed by atoms with Crippen LogP contribution in [-0.2, 0) is 16.4 Å². The first-order valence-electron chi connectivity index (χ1n) is 6.56. The van der Waals surface area contributed by atoms with Gasteiger partial charge in [-0.25, -0.2) is 13.6 Å². The van der Waals surface area contributed by atoms with E-state index in [0.717, 1.165) is 37.8 Å². The van der Waals surface area contributed by atoms with Gasteiger partial charge in [-0.3, -0.25) is 0 Å². The van der Waals surface area contributed by atoms with E-state index in [-0.39, 0.29) is 4.90 Å². The van der Waals surface area contributed by atoms with Crippen molar-refractivity contribution in [2.24, 2.45) is 10.9 Å². The average Bonchev–Trinajstić information content (AvgIpc) is 2.75. The topological polar surface area (TPSA) is 98.2 Å². The minimum absolute atomic E-state index is 0.158. The summed E-state index contributed by atoms with van der Waals surface area (Å²) >= 11 is 0. The van der Waals surface area contributed by atoms with Gasteiger partial charge in [0.15, 0.2) is 0 Å². The van der Waals surface area contributed by atoms with Crippen molar-refractivity contribution < 1.29 is 8.42 Å². The second-order valence-corrected chi connectivity index (χ2v) is 6.72. The molecule has 0 heterocycles. The molecule has 1 saturated carbocycles. The van der Waals surface area contributed by atoms with Crippen LogP contribution in [0.2, 0.25) is 0 Å². The third-order valence-electron chi connectivity index (χ3n) is 3.57. The molecule has 0 amide bonds. The molecule has 1 fully saturated rings. The minimum Gasteiger partial charge on any atom is -0.328 e. The summed E-state index contributed by atoms with van der Waals surface area (Å²) in [5.74, 6) is 0. The van der Waals surface area contributed by atoms with Crippen LogP contribution in [0.4, 0.5) is 0 Å². The summed E-state index contributed by atoms with van der Waals surface area (Å²) in [5.41, 5.74) is 6.96. The van der Waals surface area contributed by atoms with Crippen molar-refractivity contribution in [3.8, 4) is 0 Å². The highest BCUT2D eigenvalue weighted by Crippen LogP contribution is 2.17. The molecule has 6 heteroatoms. The fourth-order valence-electron chi connectivity index (χ4n) is 2.47. The Balaban J connectivity index is 1.80. The summed E-state index contributed by atoms with van der Waals surface area (Å²) in [6, 6.07) is 7.58. The molecule has 1 aromatic rings. The Hall–Kier alpha value is -0.950. The maximum atomic E-state index is 11.1. The van der Waals surface area contributed by atoms with Gasteiger partial charge in [0.05, 0.1) is 4.90 Å². The van der Waals surface area contributed by atoms with Crippen molar-refractivity contribution in [2.45, 2.75) is 42.7 Å². The molecule has 2 rings (SSSR count). The van der Waals surface area contributed by atoms with Crippen molar-refractivity contribution >= 4 is 10.0 Å². The summed E-state index contributed by atoms with van der Waals surface area (Å²) in [6.45, 7) is 0.881. The highest BCUT2D eigenvalue weighted by Gasteiger charge is 2.20. The lowest BCUT2D eigenvalue weighted by molar-refractivity contribution is 0.520. The van der Waals surface area contributed by atoms with E-state index >= 15 is 0 Å². The largest absolute Gasteiger partial charge is 0.328 e. The zero-order chi connectivity index (χ0) is 13.9. The Labute approximate surface area is 114 Å². The fourth-order valence-corrected chi connectivity index (χ4v) is 2.98. The van der Waals surface area contributed by atoms with E-state index in [0.29, 0.717) is 12.1 Å². The monoisotopic (exact) mass is 283 g/mol. The maximum Gasteiger partial charge on any atom is 0.238 e. The quantitative estimate of drug-likeness (QED) is 0.726. The van der Waals surface area contributed by atoms with Crippen molar-refractivity contribution in [3.63, 3.8) is 0 Å². The van der Waals surface area contributed by atoms with Gasteiger partial charge in [0, 0.05) is 12.1 Å². The van der Waals surface area contributed by atoms with E-state index in [1.807, 2.05) is 12.1 Å². The van der Waals surface area contributed by atoms with Gasteiger partial charge in [-0.05, 0) is 49.9 Å². The molecule has 5 nitrogen and oxygen atoms in total. The molecular weight excluding hydrogens is 262 g/mol. The van der Waals surface area contributed by atoms with Crippen molar-refractivity contribution in [1.82, 2.24) is 5.32 Å². The van der Waals surface area contributed by atoms with Crippen molar-refractivity contribution in [1.29, 1.82) is 0 Å². The number of primary sulfonamides is 1. The lowest BCUT2D eigenvalue weighted by atomic mass is 10.1. The second kappa shape index (κ2) is 6.00. The highest BCUT2D eigenvalue weighted by atomic mass is 32.2. The molecule has 0 saturated heterocycles. The first-order valence-corrected chi connectivity index (χ1v) is 8.10. The van der Waals surface area contributed by atoms with E-state index in [1.165, 1.54) is 0 Å². The number of nitrogens with one attached hydrogen (secondary N) is 1. The molecule has 106 valence electrons. The number of nitrogens with two attached hydrogens (primary N) is 2. The molecule has 2 atom stereocenters. The maximum absolute atomic E-state index is 11.1. The molecular formula is C13H21N3O2S. The van der Waals surface area contributed by atoms with Crippen molar-refractivity contribution in [2.75, 3.05) is 6.54 Å². The number of hydrogen-bond acceptors (Lipinski definition) is 4. The van der Waals surface area contributed by atoms with Gasteiger partial charge < -0.3 is 11.1 Å². The van der Waals surface area contributed by atoms with E-state index in [9.17, 15) is 8.42 Å². The predicted octanol–water partition coefficient (Wildman–Crippen LogP) is 0.346. The molecule has 0 bridgehead atoms. The Morgan fingerprint density at radius 2 is 1.89 bits per heavy atom. The standard InChI is InChI=1S/C13H21N3O2S/c14-11-3-4-12(9-11)16-8-7-10-1-5-13(6-2-10)19(15,17)18/h1-2,5-6,11-12,16H,3-4,7-9,14H2,(H2,15,17,18). The number of benzene rings is 1. The van der Waals surface area contributed by atoms with Gasteiger partial charge in [0.2, 0.25) is 10.0 Å². The molecule has 0 spiro atoms. The lowest BCUT2D eigenvalue weighted by Gasteiger charge is -2.12. The zero-order valence-electron chi connectivity index (χ0n) is 10.9. The van der Waals surface area contributed by atoms with Crippen LogP contribution in [0.1, 0.15) is 24.8 Å². The lowest BCUT2D eigenvalue weighted by Crippen LogP contribution is -2.30. The van der Waals surface area contributed by atoms with Gasteiger partial charge in [0.1, 0.15) is 0 Å². The Bertz CT molecular complexity index is 513. The first-order chi connectivity index (χ1) is 8.95. The van der Waals surface area contributed by atoms with E-state index < -0.39 is 10.0 Å². The van der Waals surface area contributed by atoms with Crippen LogP contribution >= 0.6 is 0 Å². The van der Waals surface area contributed by atoms with Crippen LogP contribution in [0.3, 0.4) is 0 Å². The molecule has 1 aromatic carbocycles. The third-order valence-corrected chi connectivity index (χ3v) is 4.50. The van der Waals surface area contributed by atoms with Gasteiger partial charge in [-0.15, -0.1) is 0 Å². The van der Waals surface area contributed by atoms with Crippen LogP contribution < -0.4 is 16.2 Å². The molecule has 1 aliphatic rings. The first kappa shape index (κ1) is 14.5. The predicted molar refractivity (Wildman–Crippen MR) is 75.1 cm³/mol. The van der Waals surface area contributed by atoms with Gasteiger partial charge >= 0.3 is 0 Å². The molecule has 5 N–H and O–H groups in total. The Kier molecular flexibility index (Phi) is 4.57. The molecule has 0 aromatic heterocycles. The van der Waals surface area contributed by atoms with Crippen LogP contribution in [0.15, 0.2) is 29.2 Å². The molecule has 0 aliphatic heterocycles. The fraction of sp³-hybridized carbons (Fsp3) is 0.538. The van der Waals surface area contributed by atoms with Crippen LogP contribution in [0, 0.1) is 0 Å². The summed E-state index contributed by atoms with van der Waals surface area (Å²) in [4.78, 5) is 0.158. The second-order valence-electron chi connectivity index (χ2n) is 5.16.